The SMILES string of the molecule is Cc1ccc(CC(=O)Nc2cccc(NC(=O)CCNC(=O)OC(C)(C)C)c2)cc1. The van der Waals surface area contributed by atoms with E-state index in [9.17, 15) is 14.4 Å². The van der Waals surface area contributed by atoms with Crippen molar-refractivity contribution in [3.05, 3.63) is 59.7 Å². The van der Waals surface area contributed by atoms with Crippen LogP contribution in [-0.4, -0.2) is 30.1 Å². The summed E-state index contributed by atoms with van der Waals surface area (Å²) in [7, 11) is 0. The maximum Gasteiger partial charge on any atom is 0.407 e. The molecule has 0 aromatic heterocycles. The second-order valence-electron chi connectivity index (χ2n) is 8.02. The number of alkyl carbamates (subject to hydrolysis) is 1. The van der Waals surface area contributed by atoms with Crippen LogP contribution in [-0.2, 0) is 20.7 Å². The van der Waals surface area contributed by atoms with Crippen LogP contribution in [0.25, 0.3) is 0 Å². The molecule has 0 bridgehead atoms. The number of anilines is 2. The van der Waals surface area contributed by atoms with E-state index in [1.54, 1.807) is 45.0 Å². The third-order valence-electron chi connectivity index (χ3n) is 3.94. The lowest BCUT2D eigenvalue weighted by atomic mass is 10.1. The number of ether oxygens (including phenoxy) is 1. The molecule has 2 aromatic rings. The lowest BCUT2D eigenvalue weighted by Crippen LogP contribution is -2.34. The van der Waals surface area contributed by atoms with Gasteiger partial charge in [-0.05, 0) is 51.5 Å². The Bertz CT molecular complexity index is 886. The van der Waals surface area contributed by atoms with Gasteiger partial charge in [-0.25, -0.2) is 4.79 Å². The first-order valence-corrected chi connectivity index (χ1v) is 9.83. The zero-order chi connectivity index (χ0) is 22.1. The van der Waals surface area contributed by atoms with Crippen LogP contribution >= 0.6 is 0 Å². The largest absolute Gasteiger partial charge is 0.444 e. The van der Waals surface area contributed by atoms with Crippen LogP contribution < -0.4 is 16.0 Å². The summed E-state index contributed by atoms with van der Waals surface area (Å²) in [5.41, 5.74) is 2.64. The van der Waals surface area contributed by atoms with Gasteiger partial charge in [0.1, 0.15) is 5.60 Å². The molecule has 0 heterocycles. The van der Waals surface area contributed by atoms with Gasteiger partial charge < -0.3 is 20.7 Å². The standard InChI is InChI=1S/C23H29N3O4/c1-16-8-10-17(11-9-16)14-21(28)26-19-7-5-6-18(15-19)25-20(27)12-13-24-22(29)30-23(2,3)4/h5-11,15H,12-14H2,1-4H3,(H,24,29)(H,25,27)(H,26,28). The molecule has 3 amide bonds. The summed E-state index contributed by atoms with van der Waals surface area (Å²) in [6, 6.07) is 14.7. The Morgan fingerprint density at radius 1 is 0.900 bits per heavy atom. The molecule has 2 aromatic carbocycles. The van der Waals surface area contributed by atoms with Crippen LogP contribution in [0, 0.1) is 6.92 Å². The van der Waals surface area contributed by atoms with E-state index in [4.69, 9.17) is 4.74 Å². The molecule has 7 heteroatoms. The fraction of sp³-hybridized carbons (Fsp3) is 0.348. The molecular formula is C23H29N3O4. The molecule has 0 saturated heterocycles. The Balaban J connectivity index is 1.80. The second kappa shape index (κ2) is 10.4. The number of carbonyl (C=O) groups excluding carboxylic acids is 3. The Labute approximate surface area is 177 Å². The van der Waals surface area contributed by atoms with Crippen molar-refractivity contribution in [1.82, 2.24) is 5.32 Å². The molecule has 2 rings (SSSR count). The van der Waals surface area contributed by atoms with Gasteiger partial charge in [-0.1, -0.05) is 35.9 Å². The molecule has 0 unspecified atom stereocenters. The molecule has 0 saturated carbocycles. The molecule has 0 aliphatic carbocycles. The van der Waals surface area contributed by atoms with E-state index < -0.39 is 11.7 Å². The van der Waals surface area contributed by atoms with Crippen molar-refractivity contribution in [3.8, 4) is 0 Å². The molecule has 3 N–H and O–H groups in total. The lowest BCUT2D eigenvalue weighted by Gasteiger charge is -2.19. The number of nitrogens with one attached hydrogen (secondary N) is 3. The number of benzene rings is 2. The van der Waals surface area contributed by atoms with Crippen LogP contribution in [0.5, 0.6) is 0 Å². The molecule has 160 valence electrons. The van der Waals surface area contributed by atoms with E-state index in [2.05, 4.69) is 16.0 Å². The predicted octanol–water partition coefficient (Wildman–Crippen LogP) is 4.03. The molecule has 7 nitrogen and oxygen atoms in total. The van der Waals surface area contributed by atoms with Crippen molar-refractivity contribution >= 4 is 29.3 Å². The minimum absolute atomic E-state index is 0.100. The average molecular weight is 412 g/mol. The molecule has 0 aliphatic rings. The smallest absolute Gasteiger partial charge is 0.407 e. The van der Waals surface area contributed by atoms with E-state index >= 15 is 0 Å². The summed E-state index contributed by atoms with van der Waals surface area (Å²) in [5.74, 6) is -0.391. The zero-order valence-electron chi connectivity index (χ0n) is 17.9. The Hall–Kier alpha value is -3.35. The third kappa shape index (κ3) is 8.77. The van der Waals surface area contributed by atoms with Gasteiger partial charge in [-0.2, -0.15) is 0 Å². The highest BCUT2D eigenvalue weighted by molar-refractivity contribution is 5.95. The minimum Gasteiger partial charge on any atom is -0.444 e. The van der Waals surface area contributed by atoms with Gasteiger partial charge in [0.2, 0.25) is 11.8 Å². The van der Waals surface area contributed by atoms with Crippen molar-refractivity contribution < 1.29 is 19.1 Å². The Morgan fingerprint density at radius 3 is 2.10 bits per heavy atom. The van der Waals surface area contributed by atoms with Gasteiger partial charge in [-0.3, -0.25) is 9.59 Å². The summed E-state index contributed by atoms with van der Waals surface area (Å²) in [6.07, 6.45) is -0.190. The van der Waals surface area contributed by atoms with Crippen molar-refractivity contribution in [2.24, 2.45) is 0 Å². The Kier molecular flexibility index (Phi) is 7.98. The van der Waals surface area contributed by atoms with Crippen molar-refractivity contribution in [3.63, 3.8) is 0 Å². The van der Waals surface area contributed by atoms with E-state index in [0.717, 1.165) is 11.1 Å². The number of hydrogen-bond donors (Lipinski definition) is 3. The fourth-order valence-corrected chi connectivity index (χ4v) is 2.59. The van der Waals surface area contributed by atoms with Gasteiger partial charge in [0, 0.05) is 24.3 Å². The first-order valence-electron chi connectivity index (χ1n) is 9.83. The van der Waals surface area contributed by atoms with Crippen LogP contribution in [0.2, 0.25) is 0 Å². The fourth-order valence-electron chi connectivity index (χ4n) is 2.59. The molecule has 0 fully saturated rings. The van der Waals surface area contributed by atoms with Crippen molar-refractivity contribution in [1.29, 1.82) is 0 Å². The van der Waals surface area contributed by atoms with E-state index in [1.807, 2.05) is 31.2 Å². The van der Waals surface area contributed by atoms with Gasteiger partial charge >= 0.3 is 6.09 Å². The summed E-state index contributed by atoms with van der Waals surface area (Å²) in [5, 5.41) is 8.13. The van der Waals surface area contributed by atoms with Crippen LogP contribution in [0.15, 0.2) is 48.5 Å². The van der Waals surface area contributed by atoms with Gasteiger partial charge in [0.25, 0.3) is 0 Å². The second-order valence-corrected chi connectivity index (χ2v) is 8.02. The normalized spacial score (nSPS) is 10.8. The summed E-state index contributed by atoms with van der Waals surface area (Å²) in [6.45, 7) is 7.47. The number of hydrogen-bond acceptors (Lipinski definition) is 4. The highest BCUT2D eigenvalue weighted by Crippen LogP contribution is 2.16. The highest BCUT2D eigenvalue weighted by atomic mass is 16.6. The number of amides is 3. The van der Waals surface area contributed by atoms with Crippen LogP contribution in [0.1, 0.15) is 38.3 Å². The van der Waals surface area contributed by atoms with E-state index in [0.29, 0.717) is 11.4 Å². The monoisotopic (exact) mass is 411 g/mol. The predicted molar refractivity (Wildman–Crippen MR) is 117 cm³/mol. The first-order chi connectivity index (χ1) is 14.1. The number of aryl methyl sites for hydroxylation is 1. The van der Waals surface area contributed by atoms with Gasteiger partial charge in [0.05, 0.1) is 6.42 Å². The van der Waals surface area contributed by atoms with Crippen LogP contribution in [0.3, 0.4) is 0 Å². The number of rotatable bonds is 7. The molecule has 30 heavy (non-hydrogen) atoms. The third-order valence-corrected chi connectivity index (χ3v) is 3.94. The van der Waals surface area contributed by atoms with Crippen LogP contribution in [0.4, 0.5) is 16.2 Å². The summed E-state index contributed by atoms with van der Waals surface area (Å²) < 4.78 is 5.12. The minimum atomic E-state index is -0.587. The number of carbonyl (C=O) groups is 3. The lowest BCUT2D eigenvalue weighted by molar-refractivity contribution is -0.116. The summed E-state index contributed by atoms with van der Waals surface area (Å²) in [4.78, 5) is 35.9. The molecule has 0 radical (unpaired) electrons. The average Bonchev–Trinajstić information content (AvgIpc) is 2.62. The Morgan fingerprint density at radius 2 is 1.50 bits per heavy atom. The summed E-state index contributed by atoms with van der Waals surface area (Å²) >= 11 is 0. The highest BCUT2D eigenvalue weighted by Gasteiger charge is 2.16. The van der Waals surface area contributed by atoms with Gasteiger partial charge in [-0.15, -0.1) is 0 Å². The molecule has 0 spiro atoms. The molecular weight excluding hydrogens is 382 g/mol. The van der Waals surface area contributed by atoms with E-state index in [1.165, 1.54) is 0 Å². The maximum atomic E-state index is 12.3. The molecule has 0 aliphatic heterocycles. The van der Waals surface area contributed by atoms with Gasteiger partial charge in [0.15, 0.2) is 0 Å². The first kappa shape index (κ1) is 22.9. The van der Waals surface area contributed by atoms with E-state index in [-0.39, 0.29) is 31.2 Å². The zero-order valence-corrected chi connectivity index (χ0v) is 17.9. The molecule has 0 atom stereocenters. The van der Waals surface area contributed by atoms with Crippen molar-refractivity contribution in [2.45, 2.75) is 46.1 Å². The topological polar surface area (TPSA) is 96.5 Å². The quantitative estimate of drug-likeness (QED) is 0.641. The maximum absolute atomic E-state index is 12.3. The van der Waals surface area contributed by atoms with Crippen molar-refractivity contribution in [2.75, 3.05) is 17.2 Å².